The average molecular weight is 311 g/mol. The highest BCUT2D eigenvalue weighted by atomic mass is 28.4. The summed E-state index contributed by atoms with van der Waals surface area (Å²) in [5, 5.41) is 9.47. The van der Waals surface area contributed by atoms with E-state index in [1.54, 1.807) is 12.1 Å². The van der Waals surface area contributed by atoms with Crippen molar-refractivity contribution in [3.05, 3.63) is 29.6 Å². The zero-order valence-corrected chi connectivity index (χ0v) is 14.6. The summed E-state index contributed by atoms with van der Waals surface area (Å²) in [4.78, 5) is 1.86. The highest BCUT2D eigenvalue weighted by molar-refractivity contribution is 6.74. The van der Waals surface area contributed by atoms with Crippen LogP contribution in [0.2, 0.25) is 18.1 Å². The zero-order valence-electron chi connectivity index (χ0n) is 13.6. The number of β-amino-alcohol motifs (C(OH)–C–C–N with tert-alkyl or cyclic N) is 1. The van der Waals surface area contributed by atoms with Gasteiger partial charge in [-0.2, -0.15) is 0 Å². The van der Waals surface area contributed by atoms with Gasteiger partial charge in [0.2, 0.25) is 0 Å². The molecule has 118 valence electrons. The molecule has 0 aliphatic carbocycles. The molecule has 21 heavy (non-hydrogen) atoms. The molecule has 0 saturated carbocycles. The van der Waals surface area contributed by atoms with E-state index in [1.807, 2.05) is 11.0 Å². The Kier molecular flexibility index (Phi) is 4.47. The lowest BCUT2D eigenvalue weighted by Gasteiger charge is -2.38. The van der Waals surface area contributed by atoms with Crippen molar-refractivity contribution in [1.29, 1.82) is 0 Å². The van der Waals surface area contributed by atoms with Gasteiger partial charge in [-0.25, -0.2) is 4.39 Å². The molecule has 1 heterocycles. The first kappa shape index (κ1) is 16.5. The first-order valence-corrected chi connectivity index (χ1v) is 10.4. The van der Waals surface area contributed by atoms with Crippen LogP contribution in [-0.4, -0.2) is 32.6 Å². The van der Waals surface area contributed by atoms with Crippen LogP contribution in [0.4, 0.5) is 10.1 Å². The fourth-order valence-electron chi connectivity index (χ4n) is 2.05. The fourth-order valence-corrected chi connectivity index (χ4v) is 3.00. The molecule has 0 amide bonds. The molecule has 1 aromatic carbocycles. The summed E-state index contributed by atoms with van der Waals surface area (Å²) in [6.07, 6.45) is -0.337. The van der Waals surface area contributed by atoms with Crippen molar-refractivity contribution in [2.24, 2.45) is 0 Å². The molecule has 1 fully saturated rings. The van der Waals surface area contributed by atoms with Crippen molar-refractivity contribution in [1.82, 2.24) is 0 Å². The molecule has 1 N–H and O–H groups in total. The van der Waals surface area contributed by atoms with Gasteiger partial charge in [-0.05, 0) is 24.2 Å². The second-order valence-corrected chi connectivity index (χ2v) is 12.2. The van der Waals surface area contributed by atoms with Gasteiger partial charge >= 0.3 is 0 Å². The monoisotopic (exact) mass is 311 g/mol. The van der Waals surface area contributed by atoms with Crippen LogP contribution in [-0.2, 0) is 11.0 Å². The largest absolute Gasteiger partial charge is 0.412 e. The first-order chi connectivity index (χ1) is 9.62. The number of anilines is 1. The summed E-state index contributed by atoms with van der Waals surface area (Å²) in [6.45, 7) is 12.2. The maximum absolute atomic E-state index is 14.6. The lowest BCUT2D eigenvalue weighted by Crippen LogP contribution is -2.51. The van der Waals surface area contributed by atoms with Gasteiger partial charge in [0.15, 0.2) is 14.1 Å². The number of nitrogens with zero attached hydrogens (tertiary/aromatic N) is 1. The van der Waals surface area contributed by atoms with E-state index in [0.717, 1.165) is 0 Å². The molecule has 0 atom stereocenters. The highest BCUT2D eigenvalue weighted by Gasteiger charge is 2.37. The van der Waals surface area contributed by atoms with Gasteiger partial charge in [0.05, 0.1) is 18.4 Å². The van der Waals surface area contributed by atoms with Crippen molar-refractivity contribution in [2.75, 3.05) is 18.0 Å². The number of rotatable bonds is 4. The van der Waals surface area contributed by atoms with Crippen molar-refractivity contribution in [2.45, 2.75) is 51.6 Å². The van der Waals surface area contributed by atoms with Crippen LogP contribution in [0.1, 0.15) is 26.3 Å². The number of aliphatic hydroxyl groups is 1. The normalized spacial score (nSPS) is 17.0. The van der Waals surface area contributed by atoms with Crippen LogP contribution in [0, 0.1) is 5.82 Å². The molecule has 1 aliphatic heterocycles. The van der Waals surface area contributed by atoms with Gasteiger partial charge in [-0.15, -0.1) is 0 Å². The summed E-state index contributed by atoms with van der Waals surface area (Å²) >= 11 is 0. The summed E-state index contributed by atoms with van der Waals surface area (Å²) < 4.78 is 20.7. The standard InChI is InChI=1S/C16H26FNO2Si/c1-16(2,3)21(4,5)20-11-12-7-6-8-14(15(12)17)18-9-13(19)10-18/h6-8,13,19H,9-11H2,1-5H3. The topological polar surface area (TPSA) is 32.7 Å². The molecule has 0 aromatic heterocycles. The van der Waals surface area contributed by atoms with Crippen LogP contribution in [0.15, 0.2) is 18.2 Å². The summed E-state index contributed by atoms with van der Waals surface area (Å²) in [6, 6.07) is 5.40. The quantitative estimate of drug-likeness (QED) is 0.864. The maximum Gasteiger partial charge on any atom is 0.192 e. The van der Waals surface area contributed by atoms with Gasteiger partial charge in [-0.3, -0.25) is 0 Å². The molecular weight excluding hydrogens is 285 g/mol. The van der Waals surface area contributed by atoms with Crippen LogP contribution in [0.5, 0.6) is 0 Å². The molecule has 0 bridgehead atoms. The average Bonchev–Trinajstić information content (AvgIpc) is 2.33. The molecular formula is C16H26FNO2Si. The molecule has 3 nitrogen and oxygen atoms in total. The number of hydrogen-bond acceptors (Lipinski definition) is 3. The van der Waals surface area contributed by atoms with E-state index in [1.165, 1.54) is 0 Å². The lowest BCUT2D eigenvalue weighted by molar-refractivity contribution is 0.141. The zero-order chi connectivity index (χ0) is 15.8. The third-order valence-corrected chi connectivity index (χ3v) is 9.13. The fraction of sp³-hybridized carbons (Fsp3) is 0.625. The third-order valence-electron chi connectivity index (χ3n) is 4.66. The minimum atomic E-state index is -1.88. The SMILES string of the molecule is CC(C)(C)[Si](C)(C)OCc1cccc(N2CC(O)C2)c1F. The lowest BCUT2D eigenvalue weighted by atomic mass is 10.1. The highest BCUT2D eigenvalue weighted by Crippen LogP contribution is 2.37. The minimum absolute atomic E-state index is 0.114. The second kappa shape index (κ2) is 5.70. The Morgan fingerprint density at radius 3 is 2.48 bits per heavy atom. The third kappa shape index (κ3) is 3.47. The maximum atomic E-state index is 14.6. The smallest absolute Gasteiger partial charge is 0.192 e. The van der Waals surface area contributed by atoms with Gasteiger partial charge in [0.25, 0.3) is 0 Å². The molecule has 1 aromatic rings. The Bertz CT molecular complexity index is 507. The second-order valence-electron chi connectivity index (χ2n) is 7.36. The van der Waals surface area contributed by atoms with E-state index in [-0.39, 0.29) is 17.0 Å². The number of aliphatic hydroxyl groups excluding tert-OH is 1. The molecule has 2 rings (SSSR count). The molecule has 0 radical (unpaired) electrons. The van der Waals surface area contributed by atoms with Crippen molar-refractivity contribution in [3.63, 3.8) is 0 Å². The molecule has 0 unspecified atom stereocenters. The van der Waals surface area contributed by atoms with Gasteiger partial charge in [0, 0.05) is 18.7 Å². The summed E-state index contributed by atoms with van der Waals surface area (Å²) in [7, 11) is -1.88. The minimum Gasteiger partial charge on any atom is -0.412 e. The summed E-state index contributed by atoms with van der Waals surface area (Å²) in [5.41, 5.74) is 1.16. The van der Waals surface area contributed by atoms with E-state index >= 15 is 0 Å². The Morgan fingerprint density at radius 2 is 1.95 bits per heavy atom. The Morgan fingerprint density at radius 1 is 1.33 bits per heavy atom. The molecule has 1 aliphatic rings. The van der Waals surface area contributed by atoms with Crippen LogP contribution in [0.25, 0.3) is 0 Å². The Balaban J connectivity index is 2.09. The van der Waals surface area contributed by atoms with E-state index < -0.39 is 8.32 Å². The van der Waals surface area contributed by atoms with Crippen molar-refractivity contribution < 1.29 is 13.9 Å². The van der Waals surface area contributed by atoms with E-state index in [4.69, 9.17) is 4.43 Å². The predicted molar refractivity (Wildman–Crippen MR) is 86.6 cm³/mol. The number of hydrogen-bond donors (Lipinski definition) is 1. The predicted octanol–water partition coefficient (Wildman–Crippen LogP) is 3.53. The number of benzene rings is 1. The molecule has 1 saturated heterocycles. The van der Waals surface area contributed by atoms with Crippen LogP contribution < -0.4 is 4.90 Å². The molecule has 0 spiro atoms. The Hall–Kier alpha value is -0.913. The van der Waals surface area contributed by atoms with E-state index in [2.05, 4.69) is 33.9 Å². The van der Waals surface area contributed by atoms with Gasteiger partial charge in [-0.1, -0.05) is 32.9 Å². The van der Waals surface area contributed by atoms with Crippen molar-refractivity contribution in [3.8, 4) is 0 Å². The first-order valence-electron chi connectivity index (χ1n) is 7.46. The van der Waals surface area contributed by atoms with Crippen LogP contribution in [0.3, 0.4) is 0 Å². The number of halogens is 1. The van der Waals surface area contributed by atoms with Crippen LogP contribution >= 0.6 is 0 Å². The molecule has 5 heteroatoms. The van der Waals surface area contributed by atoms with E-state index in [0.29, 0.717) is 30.9 Å². The van der Waals surface area contributed by atoms with E-state index in [9.17, 15) is 9.50 Å². The van der Waals surface area contributed by atoms with Gasteiger partial charge < -0.3 is 14.4 Å². The Labute approximate surface area is 127 Å². The van der Waals surface area contributed by atoms with Crippen molar-refractivity contribution >= 4 is 14.0 Å². The summed E-state index contributed by atoms with van der Waals surface area (Å²) in [5.74, 6) is -0.219. The van der Waals surface area contributed by atoms with Gasteiger partial charge in [0.1, 0.15) is 0 Å².